The van der Waals surface area contributed by atoms with Gasteiger partial charge in [-0.15, -0.1) is 11.3 Å². The second-order valence-corrected chi connectivity index (χ2v) is 8.34. The third-order valence-electron chi connectivity index (χ3n) is 5.16. The number of hydrogen-bond donors (Lipinski definition) is 1. The Balaban J connectivity index is 1.23. The summed E-state index contributed by atoms with van der Waals surface area (Å²) in [5.41, 5.74) is 3.22. The number of fused-ring (bicyclic) bond motifs is 1. The zero-order valence-corrected chi connectivity index (χ0v) is 17.6. The first-order valence-corrected chi connectivity index (χ1v) is 10.7. The number of ether oxygens (including phenoxy) is 2. The third-order valence-corrected chi connectivity index (χ3v) is 5.93. The number of amides is 3. The van der Waals surface area contributed by atoms with Crippen LogP contribution >= 0.6 is 11.3 Å². The van der Waals surface area contributed by atoms with Crippen LogP contribution < -0.4 is 19.7 Å². The van der Waals surface area contributed by atoms with Crippen molar-refractivity contribution < 1.29 is 19.1 Å². The number of aryl methyl sites for hydroxylation is 1. The number of nitrogens with zero attached hydrogens (tertiary/aromatic N) is 3. The standard InChI is InChI=1S/C22H20N4O4S/c1-14-23-18(12-31-14)15-3-2-4-16(9-15)24-21(27)11-25-7-8-26(22(25)28)17-5-6-19-20(10-17)30-13-29-19/h2-6,9-10,12H,7-8,11,13H2,1H3,(H,24,27). The van der Waals surface area contributed by atoms with Crippen LogP contribution in [0.1, 0.15) is 5.01 Å². The molecule has 0 radical (unpaired) electrons. The SMILES string of the molecule is Cc1nc(-c2cccc(NC(=O)CN3CCN(c4ccc5c(c4)OCO5)C3=O)c2)cs1. The van der Waals surface area contributed by atoms with Crippen LogP contribution in [0.5, 0.6) is 11.5 Å². The van der Waals surface area contributed by atoms with E-state index in [0.717, 1.165) is 22.0 Å². The van der Waals surface area contributed by atoms with Gasteiger partial charge in [0.2, 0.25) is 12.7 Å². The summed E-state index contributed by atoms with van der Waals surface area (Å²) >= 11 is 1.58. The lowest BCUT2D eigenvalue weighted by atomic mass is 10.1. The van der Waals surface area contributed by atoms with Crippen LogP contribution in [0.4, 0.5) is 16.2 Å². The topological polar surface area (TPSA) is 84.0 Å². The number of urea groups is 1. The van der Waals surface area contributed by atoms with E-state index in [9.17, 15) is 9.59 Å². The zero-order chi connectivity index (χ0) is 21.4. The summed E-state index contributed by atoms with van der Waals surface area (Å²) in [6.45, 7) is 3.10. The van der Waals surface area contributed by atoms with Crippen LogP contribution in [0, 0.1) is 6.92 Å². The fourth-order valence-electron chi connectivity index (χ4n) is 3.65. The van der Waals surface area contributed by atoms with E-state index in [4.69, 9.17) is 9.47 Å². The van der Waals surface area contributed by atoms with E-state index in [1.54, 1.807) is 28.4 Å². The Morgan fingerprint density at radius 1 is 1.16 bits per heavy atom. The highest BCUT2D eigenvalue weighted by molar-refractivity contribution is 7.09. The molecular weight excluding hydrogens is 416 g/mol. The van der Waals surface area contributed by atoms with Crippen molar-refractivity contribution in [2.45, 2.75) is 6.92 Å². The largest absolute Gasteiger partial charge is 0.454 e. The Kier molecular flexibility index (Phi) is 4.95. The van der Waals surface area contributed by atoms with Crippen molar-refractivity contribution >= 4 is 34.6 Å². The molecule has 9 heteroatoms. The highest BCUT2D eigenvalue weighted by Gasteiger charge is 2.31. The monoisotopic (exact) mass is 436 g/mol. The Morgan fingerprint density at radius 3 is 2.87 bits per heavy atom. The van der Waals surface area contributed by atoms with Crippen molar-refractivity contribution in [1.29, 1.82) is 0 Å². The number of rotatable bonds is 5. The number of benzene rings is 2. The first kappa shape index (κ1) is 19.4. The van der Waals surface area contributed by atoms with Crippen LogP contribution in [0.2, 0.25) is 0 Å². The summed E-state index contributed by atoms with van der Waals surface area (Å²) in [6, 6.07) is 12.7. The minimum atomic E-state index is -0.243. The number of nitrogens with one attached hydrogen (secondary N) is 1. The predicted octanol–water partition coefficient (Wildman–Crippen LogP) is 3.73. The molecule has 0 aliphatic carbocycles. The van der Waals surface area contributed by atoms with Gasteiger partial charge in [-0.05, 0) is 31.2 Å². The molecule has 0 unspecified atom stereocenters. The summed E-state index contributed by atoms with van der Waals surface area (Å²) in [5, 5.41) is 5.86. The van der Waals surface area contributed by atoms with Crippen molar-refractivity contribution in [3.8, 4) is 22.8 Å². The first-order chi connectivity index (χ1) is 15.1. The highest BCUT2D eigenvalue weighted by Crippen LogP contribution is 2.36. The third kappa shape index (κ3) is 3.91. The molecule has 1 fully saturated rings. The van der Waals surface area contributed by atoms with Crippen LogP contribution in [0.25, 0.3) is 11.3 Å². The number of carbonyl (C=O) groups excluding carboxylic acids is 2. The van der Waals surface area contributed by atoms with Crippen molar-refractivity contribution in [3.05, 3.63) is 52.9 Å². The normalized spacial score (nSPS) is 14.9. The van der Waals surface area contributed by atoms with Crippen LogP contribution in [0.3, 0.4) is 0 Å². The van der Waals surface area contributed by atoms with Crippen LogP contribution in [-0.2, 0) is 4.79 Å². The average molecular weight is 436 g/mol. The van der Waals surface area contributed by atoms with Gasteiger partial charge in [-0.3, -0.25) is 9.69 Å². The van der Waals surface area contributed by atoms with Gasteiger partial charge in [-0.2, -0.15) is 0 Å². The smallest absolute Gasteiger partial charge is 0.325 e. The van der Waals surface area contributed by atoms with Crippen molar-refractivity contribution in [2.75, 3.05) is 36.6 Å². The first-order valence-electron chi connectivity index (χ1n) is 9.85. The van der Waals surface area contributed by atoms with Crippen molar-refractivity contribution in [2.24, 2.45) is 0 Å². The molecule has 2 aliphatic heterocycles. The molecule has 0 atom stereocenters. The van der Waals surface area contributed by atoms with Gasteiger partial charge in [0.25, 0.3) is 0 Å². The maximum absolute atomic E-state index is 12.8. The van der Waals surface area contributed by atoms with E-state index < -0.39 is 0 Å². The Bertz CT molecular complexity index is 1160. The lowest BCUT2D eigenvalue weighted by Gasteiger charge is -2.18. The van der Waals surface area contributed by atoms with Gasteiger partial charge in [0.15, 0.2) is 11.5 Å². The van der Waals surface area contributed by atoms with Gasteiger partial charge >= 0.3 is 6.03 Å². The van der Waals surface area contributed by atoms with Gasteiger partial charge in [0.05, 0.1) is 10.7 Å². The molecule has 31 heavy (non-hydrogen) atoms. The molecule has 1 N–H and O–H groups in total. The van der Waals surface area contributed by atoms with E-state index in [0.29, 0.717) is 30.3 Å². The summed E-state index contributed by atoms with van der Waals surface area (Å²) in [7, 11) is 0. The molecule has 0 saturated carbocycles. The van der Waals surface area contributed by atoms with Gasteiger partial charge in [0, 0.05) is 41.5 Å². The van der Waals surface area contributed by atoms with E-state index in [2.05, 4.69) is 10.3 Å². The van der Waals surface area contributed by atoms with Crippen LogP contribution in [-0.4, -0.2) is 48.2 Å². The summed E-state index contributed by atoms with van der Waals surface area (Å²) < 4.78 is 10.7. The number of thiazole rings is 1. The lowest BCUT2D eigenvalue weighted by molar-refractivity contribution is -0.116. The number of carbonyl (C=O) groups is 2. The minimum Gasteiger partial charge on any atom is -0.454 e. The number of aromatic nitrogens is 1. The second-order valence-electron chi connectivity index (χ2n) is 7.27. The minimum absolute atomic E-state index is 0.0140. The number of anilines is 2. The molecule has 0 spiro atoms. The fraction of sp³-hybridized carbons (Fsp3) is 0.227. The van der Waals surface area contributed by atoms with E-state index >= 15 is 0 Å². The fourth-order valence-corrected chi connectivity index (χ4v) is 4.27. The number of hydrogen-bond acceptors (Lipinski definition) is 6. The van der Waals surface area contributed by atoms with Crippen LogP contribution in [0.15, 0.2) is 47.8 Å². The molecule has 158 valence electrons. The molecule has 5 rings (SSSR count). The predicted molar refractivity (Wildman–Crippen MR) is 118 cm³/mol. The van der Waals surface area contributed by atoms with Gasteiger partial charge in [-0.1, -0.05) is 12.1 Å². The maximum Gasteiger partial charge on any atom is 0.325 e. The van der Waals surface area contributed by atoms with Gasteiger partial charge in [-0.25, -0.2) is 9.78 Å². The molecule has 2 aliphatic rings. The Morgan fingerprint density at radius 2 is 2.03 bits per heavy atom. The zero-order valence-electron chi connectivity index (χ0n) is 16.8. The summed E-state index contributed by atoms with van der Waals surface area (Å²) in [6.07, 6.45) is 0. The Labute approximate surface area is 183 Å². The van der Waals surface area contributed by atoms with Gasteiger partial charge in [0.1, 0.15) is 6.54 Å². The average Bonchev–Trinajstić information content (AvgIpc) is 3.48. The molecule has 3 heterocycles. The van der Waals surface area contributed by atoms with E-state index in [-0.39, 0.29) is 25.3 Å². The molecule has 1 saturated heterocycles. The molecule has 3 aromatic rings. The maximum atomic E-state index is 12.8. The van der Waals surface area contributed by atoms with E-state index in [1.807, 2.05) is 42.6 Å². The molecule has 3 amide bonds. The Hall–Kier alpha value is -3.59. The summed E-state index contributed by atoms with van der Waals surface area (Å²) in [5.74, 6) is 1.05. The molecular formula is C22H20N4O4S. The van der Waals surface area contributed by atoms with Crippen molar-refractivity contribution in [1.82, 2.24) is 9.88 Å². The molecule has 1 aromatic heterocycles. The quantitative estimate of drug-likeness (QED) is 0.659. The van der Waals surface area contributed by atoms with E-state index in [1.165, 1.54) is 4.90 Å². The molecule has 2 aromatic carbocycles. The highest BCUT2D eigenvalue weighted by atomic mass is 32.1. The molecule has 8 nitrogen and oxygen atoms in total. The van der Waals surface area contributed by atoms with Gasteiger partial charge < -0.3 is 19.7 Å². The second kappa shape index (κ2) is 7.92. The van der Waals surface area contributed by atoms with Crippen molar-refractivity contribution in [3.63, 3.8) is 0 Å². The summed E-state index contributed by atoms with van der Waals surface area (Å²) in [4.78, 5) is 33.1. The lowest BCUT2D eigenvalue weighted by Crippen LogP contribution is -2.37. The molecule has 0 bridgehead atoms.